The number of hydrogen-bond acceptors (Lipinski definition) is 0. The predicted molar refractivity (Wildman–Crippen MR) is 4.81 cm³/mol. The van der Waals surface area contributed by atoms with Crippen LogP contribution >= 0.6 is 0 Å². The van der Waals surface area contributed by atoms with E-state index in [1.54, 1.807) is 0 Å². The Bertz CT molecular complexity index is 14.4. The van der Waals surface area contributed by atoms with Crippen LogP contribution in [0.1, 0.15) is 0 Å². The summed E-state index contributed by atoms with van der Waals surface area (Å²) in [6.45, 7) is 0. The molecule has 0 aliphatic carbocycles. The molecule has 56 valence electrons. The molecule has 0 unspecified atom stereocenters. The first-order chi connectivity index (χ1) is 0. The smallest absolute Gasteiger partial charge is 2.00 e. The molecule has 0 atom stereocenters. The van der Waals surface area contributed by atoms with Gasteiger partial charge >= 0.3 is 76.1 Å². The van der Waals surface area contributed by atoms with Crippen LogP contribution in [-0.2, 0) is 114 Å². The van der Waals surface area contributed by atoms with Crippen molar-refractivity contribution in [3.05, 3.63) is 0 Å². The summed E-state index contributed by atoms with van der Waals surface area (Å²) in [5, 5.41) is 0. The molecule has 0 saturated heterocycles. The van der Waals surface area contributed by atoms with Gasteiger partial charge in [-0.1, -0.05) is 0 Å². The molecule has 0 aliphatic rings. The molecule has 11 heteroatoms. The van der Waals surface area contributed by atoms with Gasteiger partial charge in [0.05, 0.1) is 0 Å². The minimum atomic E-state index is 0. The van der Waals surface area contributed by atoms with Gasteiger partial charge in [0.25, 0.3) is 0 Å². The van der Waals surface area contributed by atoms with Gasteiger partial charge in [-0.25, -0.2) is 0 Å². The standard InChI is InChI=1S/7O.2V.2Zn/q7*-2;2*+5;2*+2. The molecule has 0 heterocycles. The van der Waals surface area contributed by atoms with Crippen molar-refractivity contribution in [1.29, 1.82) is 0 Å². The summed E-state index contributed by atoms with van der Waals surface area (Å²) in [6.07, 6.45) is 0. The van der Waals surface area contributed by atoms with Gasteiger partial charge in [-0.15, -0.1) is 0 Å². The Kier molecular flexibility index (Phi) is 12700. The van der Waals surface area contributed by atoms with E-state index in [2.05, 4.69) is 0 Å². The van der Waals surface area contributed by atoms with Crippen LogP contribution in [0.2, 0.25) is 0 Å². The van der Waals surface area contributed by atoms with Gasteiger partial charge in [0.2, 0.25) is 0 Å². The molecule has 0 aromatic carbocycles. The summed E-state index contributed by atoms with van der Waals surface area (Å²) in [4.78, 5) is 0. The fourth-order valence-electron chi connectivity index (χ4n) is 0. The molecule has 0 N–H and O–H groups in total. The Morgan fingerprint density at radius 2 is 0.273 bits per heavy atom. The first-order valence-corrected chi connectivity index (χ1v) is 0. The van der Waals surface area contributed by atoms with Crippen LogP contribution in [0.25, 0.3) is 0 Å². The monoisotopic (exact) mass is 342 g/mol. The van der Waals surface area contributed by atoms with Gasteiger partial charge in [-0.2, -0.15) is 0 Å². The van der Waals surface area contributed by atoms with E-state index in [0.717, 1.165) is 0 Å². The van der Waals surface area contributed by atoms with E-state index in [1.165, 1.54) is 0 Å². The fraction of sp³-hybridized carbons (Fsp3) is 0. The Morgan fingerprint density at radius 1 is 0.273 bits per heavy atom. The van der Waals surface area contributed by atoms with Gasteiger partial charge in [-0.3, -0.25) is 0 Å². The van der Waals surface area contributed by atoms with E-state index in [-0.39, 0.29) is 114 Å². The maximum absolute atomic E-state index is 0. The molecule has 0 fully saturated rings. The molecule has 0 aromatic heterocycles. The van der Waals surface area contributed by atoms with Crippen molar-refractivity contribution in [3.8, 4) is 0 Å². The first kappa shape index (κ1) is 424. The summed E-state index contributed by atoms with van der Waals surface area (Å²) in [5.74, 6) is 0. The maximum Gasteiger partial charge on any atom is 5.00 e. The van der Waals surface area contributed by atoms with Crippen molar-refractivity contribution in [2.75, 3.05) is 0 Å². The SMILES string of the molecule is [O-2].[O-2].[O-2].[O-2].[O-2].[O-2].[O-2].[V+5].[V+5].[Zn+2].[Zn+2]. The van der Waals surface area contributed by atoms with Crippen LogP contribution in [0.4, 0.5) is 0 Å². The number of hydrogen-bond donors (Lipinski definition) is 0. The van der Waals surface area contributed by atoms with Crippen molar-refractivity contribution < 1.29 is 114 Å². The quantitative estimate of drug-likeness (QED) is 0.493. The van der Waals surface area contributed by atoms with E-state index < -0.39 is 0 Å². The van der Waals surface area contributed by atoms with Crippen LogP contribution in [0, 0.1) is 0 Å². The van der Waals surface area contributed by atoms with E-state index in [0.29, 0.717) is 0 Å². The second-order valence-corrected chi connectivity index (χ2v) is 0. The zero-order valence-corrected chi connectivity index (χ0v) is 13.9. The van der Waals surface area contributed by atoms with E-state index in [9.17, 15) is 0 Å². The van der Waals surface area contributed by atoms with Crippen LogP contribution in [0.5, 0.6) is 0 Å². The molecule has 0 radical (unpaired) electrons. The summed E-state index contributed by atoms with van der Waals surface area (Å²) < 4.78 is 0. The van der Waals surface area contributed by atoms with Gasteiger partial charge in [-0.05, 0) is 0 Å². The second-order valence-electron chi connectivity index (χ2n) is 0. The number of rotatable bonds is 0. The van der Waals surface area contributed by atoms with Crippen LogP contribution in [0.15, 0.2) is 0 Å². The van der Waals surface area contributed by atoms with Crippen molar-refractivity contribution in [1.82, 2.24) is 0 Å². The molecular formula is O7V2Zn2. The van der Waals surface area contributed by atoms with Crippen molar-refractivity contribution in [2.45, 2.75) is 0 Å². The Labute approximate surface area is 114 Å². The molecule has 0 bridgehead atoms. The molecule has 0 spiro atoms. The van der Waals surface area contributed by atoms with E-state index in [1.807, 2.05) is 0 Å². The Hall–Kier alpha value is 2.14. The fourth-order valence-corrected chi connectivity index (χ4v) is 0. The third-order valence-corrected chi connectivity index (χ3v) is 0. The molecule has 0 amide bonds. The van der Waals surface area contributed by atoms with Crippen LogP contribution in [0.3, 0.4) is 0 Å². The third-order valence-electron chi connectivity index (χ3n) is 0. The van der Waals surface area contributed by atoms with Crippen LogP contribution in [-0.4, -0.2) is 0 Å². The minimum absolute atomic E-state index is 0. The van der Waals surface area contributed by atoms with Crippen molar-refractivity contribution >= 4 is 0 Å². The summed E-state index contributed by atoms with van der Waals surface area (Å²) in [6, 6.07) is 0. The Morgan fingerprint density at radius 3 is 0.273 bits per heavy atom. The van der Waals surface area contributed by atoms with E-state index in [4.69, 9.17) is 0 Å². The van der Waals surface area contributed by atoms with Crippen LogP contribution < -0.4 is 0 Å². The molecule has 0 aromatic rings. The average molecular weight is 345 g/mol. The summed E-state index contributed by atoms with van der Waals surface area (Å²) >= 11 is 0. The Balaban J connectivity index is 0. The normalized spacial score (nSPS) is 0. The zero-order valence-electron chi connectivity index (χ0n) is 5.17. The molecule has 0 rings (SSSR count). The summed E-state index contributed by atoms with van der Waals surface area (Å²) in [5.41, 5.74) is 0. The maximum atomic E-state index is 0. The largest absolute Gasteiger partial charge is 5.00 e. The summed E-state index contributed by atoms with van der Waals surface area (Å²) in [7, 11) is 0. The predicted octanol–water partition coefficient (Wildman–Crippen LogP) is -0.842. The van der Waals surface area contributed by atoms with Gasteiger partial charge < -0.3 is 38.3 Å². The zero-order chi connectivity index (χ0) is 0. The van der Waals surface area contributed by atoms with E-state index >= 15 is 0 Å². The molecular weight excluding hydrogens is 345 g/mol. The molecule has 0 aliphatic heterocycles. The van der Waals surface area contributed by atoms with Crippen molar-refractivity contribution in [2.24, 2.45) is 0 Å². The first-order valence-electron chi connectivity index (χ1n) is 0. The molecule has 11 heavy (non-hydrogen) atoms. The van der Waals surface area contributed by atoms with Gasteiger partial charge in [0.1, 0.15) is 0 Å². The minimum Gasteiger partial charge on any atom is -2.00 e. The molecule has 0 saturated carbocycles. The van der Waals surface area contributed by atoms with Crippen molar-refractivity contribution in [3.63, 3.8) is 0 Å². The topological polar surface area (TPSA) is 200 Å². The second kappa shape index (κ2) is 330. The third kappa shape index (κ3) is 273. The average Bonchev–Trinajstić information content (AvgIpc) is 0. The molecule has 7 nitrogen and oxygen atoms in total. The van der Waals surface area contributed by atoms with Gasteiger partial charge in [0, 0.05) is 0 Å². The van der Waals surface area contributed by atoms with Gasteiger partial charge in [0.15, 0.2) is 0 Å².